The molecule has 2 fully saturated rings. The zero-order chi connectivity index (χ0) is 28.2. The van der Waals surface area contributed by atoms with E-state index in [9.17, 15) is 18.0 Å². The number of amides is 1. The largest absolute Gasteiger partial charge is 0.416 e. The number of benzene rings is 2. The van der Waals surface area contributed by atoms with Gasteiger partial charge in [0, 0.05) is 35.6 Å². The molecule has 0 radical (unpaired) electrons. The van der Waals surface area contributed by atoms with Crippen molar-refractivity contribution in [1.29, 1.82) is 10.8 Å². The van der Waals surface area contributed by atoms with Crippen LogP contribution in [0.25, 0.3) is 0 Å². The molecule has 10 heteroatoms. The molecule has 0 atom stereocenters. The van der Waals surface area contributed by atoms with E-state index in [0.717, 1.165) is 44.0 Å². The lowest BCUT2D eigenvalue weighted by atomic mass is 9.62. The first-order valence-corrected chi connectivity index (χ1v) is 14.5. The van der Waals surface area contributed by atoms with Crippen LogP contribution in [-0.2, 0) is 24.7 Å². The van der Waals surface area contributed by atoms with E-state index in [4.69, 9.17) is 10.8 Å². The van der Waals surface area contributed by atoms with Gasteiger partial charge in [0.05, 0.1) is 23.9 Å². The average molecular weight is 558 g/mol. The summed E-state index contributed by atoms with van der Waals surface area (Å²) in [5, 5.41) is 20.2. The summed E-state index contributed by atoms with van der Waals surface area (Å²) in [6.45, 7) is 2.19. The molecule has 2 aromatic rings. The van der Waals surface area contributed by atoms with Crippen LogP contribution in [-0.4, -0.2) is 47.1 Å². The van der Waals surface area contributed by atoms with E-state index in [2.05, 4.69) is 12.2 Å². The van der Waals surface area contributed by atoms with Crippen LogP contribution in [0.15, 0.2) is 36.4 Å². The van der Waals surface area contributed by atoms with E-state index >= 15 is 0 Å². The lowest BCUT2D eigenvalue weighted by Gasteiger charge is -2.49. The second-order valence-corrected chi connectivity index (χ2v) is 12.5. The van der Waals surface area contributed by atoms with Gasteiger partial charge in [-0.2, -0.15) is 24.9 Å². The number of fused-ring (bicyclic) bond motifs is 1. The topological polar surface area (TPSA) is 83.3 Å². The lowest BCUT2D eigenvalue weighted by molar-refractivity contribution is -0.138. The summed E-state index contributed by atoms with van der Waals surface area (Å²) in [4.78, 5) is 16.5. The van der Waals surface area contributed by atoms with E-state index in [1.54, 1.807) is 37.0 Å². The third-order valence-electron chi connectivity index (χ3n) is 8.78. The molecule has 0 spiro atoms. The summed E-state index contributed by atoms with van der Waals surface area (Å²) < 4.78 is 42.5. The Morgan fingerprint density at radius 1 is 1.26 bits per heavy atom. The number of amidine groups is 1. The molecule has 0 unspecified atom stereocenters. The minimum Gasteiger partial charge on any atom is -0.324 e. The van der Waals surface area contributed by atoms with Gasteiger partial charge in [0.15, 0.2) is 0 Å². The van der Waals surface area contributed by atoms with E-state index in [1.165, 1.54) is 15.9 Å². The van der Waals surface area contributed by atoms with E-state index < -0.39 is 23.1 Å². The fourth-order valence-corrected chi connectivity index (χ4v) is 6.96. The van der Waals surface area contributed by atoms with Gasteiger partial charge in [0.25, 0.3) is 5.91 Å². The van der Waals surface area contributed by atoms with Gasteiger partial charge >= 0.3 is 6.18 Å². The smallest absolute Gasteiger partial charge is 0.324 e. The van der Waals surface area contributed by atoms with Gasteiger partial charge in [-0.05, 0) is 86.2 Å². The lowest BCUT2D eigenvalue weighted by Crippen LogP contribution is -2.54. The first kappa shape index (κ1) is 27.7. The second kappa shape index (κ2) is 9.96. The van der Waals surface area contributed by atoms with Crippen molar-refractivity contribution in [3.8, 4) is 0 Å². The summed E-state index contributed by atoms with van der Waals surface area (Å²) in [7, 11) is 1.67. The maximum atomic E-state index is 14.2. The van der Waals surface area contributed by atoms with Crippen molar-refractivity contribution in [3.63, 3.8) is 0 Å². The molecule has 1 aliphatic heterocycles. The fourth-order valence-electron chi connectivity index (χ4n) is 6.05. The third-order valence-corrected chi connectivity index (χ3v) is 9.78. The minimum atomic E-state index is -4.58. The molecular formula is C29H34F3N5OS. The molecule has 6 nitrogen and oxygen atoms in total. The highest BCUT2D eigenvalue weighted by Crippen LogP contribution is 2.50. The highest BCUT2D eigenvalue weighted by molar-refractivity contribution is 7.99. The summed E-state index contributed by atoms with van der Waals surface area (Å²) in [6, 6.07) is 10.1. The van der Waals surface area contributed by atoms with Crippen LogP contribution in [0.5, 0.6) is 0 Å². The predicted octanol–water partition coefficient (Wildman–Crippen LogP) is 6.18. The Labute approximate surface area is 231 Å². The molecule has 3 N–H and O–H groups in total. The number of hydrogen-bond donors (Lipinski definition) is 3. The van der Waals surface area contributed by atoms with Crippen LogP contribution in [0.3, 0.4) is 0 Å². The molecule has 0 aromatic heterocycles. The van der Waals surface area contributed by atoms with Crippen molar-refractivity contribution in [1.82, 2.24) is 10.2 Å². The zero-order valence-electron chi connectivity index (χ0n) is 22.4. The van der Waals surface area contributed by atoms with Gasteiger partial charge in [-0.3, -0.25) is 15.6 Å². The highest BCUT2D eigenvalue weighted by atomic mass is 32.2. The monoisotopic (exact) mass is 557 g/mol. The first-order valence-electron chi connectivity index (χ1n) is 13.2. The molecule has 208 valence electrons. The third kappa shape index (κ3) is 4.86. The Morgan fingerprint density at radius 2 is 1.97 bits per heavy atom. The van der Waals surface area contributed by atoms with Gasteiger partial charge in [0.1, 0.15) is 5.84 Å². The van der Waals surface area contributed by atoms with Crippen LogP contribution in [0, 0.1) is 10.8 Å². The quantitative estimate of drug-likeness (QED) is 0.268. The van der Waals surface area contributed by atoms with Crippen molar-refractivity contribution in [2.45, 2.75) is 74.5 Å². The molecule has 3 aliphatic rings. The Bertz CT molecular complexity index is 1320. The maximum absolute atomic E-state index is 14.2. The number of carbonyl (C=O) groups excluding carboxylic acids is 1. The SMILES string of the molecule is CSC1CC(C(=N)N(C)C=N)(c2cccc(N3Cc4c(cc(CNC5(C)CCC5)cc4C(F)(F)F)C3=O)c2)C1. The van der Waals surface area contributed by atoms with Gasteiger partial charge in [0.2, 0.25) is 0 Å². The van der Waals surface area contributed by atoms with Gasteiger partial charge in [-0.25, -0.2) is 0 Å². The number of nitrogens with one attached hydrogen (secondary N) is 3. The average Bonchev–Trinajstić information content (AvgIpc) is 3.20. The molecule has 2 aromatic carbocycles. The number of alkyl halides is 3. The number of rotatable bonds is 8. The summed E-state index contributed by atoms with van der Waals surface area (Å²) in [5.41, 5.74) is 0.479. The number of carbonyl (C=O) groups is 1. The fraction of sp³-hybridized carbons (Fsp3) is 0.483. The molecule has 1 amide bonds. The number of halogens is 3. The van der Waals surface area contributed by atoms with Crippen molar-refractivity contribution in [3.05, 3.63) is 64.2 Å². The number of nitrogens with zero attached hydrogens (tertiary/aromatic N) is 2. The minimum absolute atomic E-state index is 0.00796. The van der Waals surface area contributed by atoms with Crippen LogP contribution >= 0.6 is 11.8 Å². The van der Waals surface area contributed by atoms with Crippen LogP contribution < -0.4 is 10.2 Å². The highest BCUT2D eigenvalue weighted by Gasteiger charge is 2.50. The number of hydrogen-bond acceptors (Lipinski definition) is 5. The molecule has 0 saturated heterocycles. The van der Waals surface area contributed by atoms with Gasteiger partial charge < -0.3 is 15.1 Å². The molecule has 2 aliphatic carbocycles. The van der Waals surface area contributed by atoms with E-state index in [0.29, 0.717) is 22.3 Å². The predicted molar refractivity (Wildman–Crippen MR) is 150 cm³/mol. The van der Waals surface area contributed by atoms with Crippen LogP contribution in [0.1, 0.15) is 71.6 Å². The molecule has 1 heterocycles. The zero-order valence-corrected chi connectivity index (χ0v) is 23.2. The molecular weight excluding hydrogens is 523 g/mol. The van der Waals surface area contributed by atoms with E-state index in [-0.39, 0.29) is 29.8 Å². The van der Waals surface area contributed by atoms with Crippen LogP contribution in [0.2, 0.25) is 0 Å². The second-order valence-electron chi connectivity index (χ2n) is 11.3. The van der Waals surface area contributed by atoms with E-state index in [1.807, 2.05) is 18.4 Å². The Hall–Kier alpha value is -2.85. The van der Waals surface area contributed by atoms with Crippen molar-refractivity contribution in [2.75, 3.05) is 18.2 Å². The number of likely N-dealkylation sites (N-methyl/N-ethyl adjacent to an activating group) is 1. The Morgan fingerprint density at radius 3 is 2.56 bits per heavy atom. The standard InChI is InChI=1S/C29H34F3N5OS/c1-27(8-5-9-27)35-15-18-10-22-23(24(11-18)29(30,31)32)16-37(25(22)38)20-7-4-6-19(12-20)28(13-21(14-28)39-3)26(34)36(2)17-33/h4,6-7,10-12,17,21,33-35H,5,8-9,13-16H2,1-3H3. The molecule has 0 bridgehead atoms. The number of anilines is 1. The summed E-state index contributed by atoms with van der Waals surface area (Å²) >= 11 is 1.73. The molecule has 39 heavy (non-hydrogen) atoms. The van der Waals surface area contributed by atoms with Crippen LogP contribution in [0.4, 0.5) is 18.9 Å². The Kier molecular flexibility index (Phi) is 7.08. The molecule has 5 rings (SSSR count). The van der Waals surface area contributed by atoms with Crippen molar-refractivity contribution in [2.24, 2.45) is 0 Å². The normalized spacial score (nSPS) is 23.6. The molecule has 2 saturated carbocycles. The summed E-state index contributed by atoms with van der Waals surface area (Å²) in [6.07, 6.45) is 3.07. The first-order chi connectivity index (χ1) is 18.4. The Balaban J connectivity index is 1.47. The van der Waals surface area contributed by atoms with Crippen molar-refractivity contribution >= 4 is 35.5 Å². The van der Waals surface area contributed by atoms with Crippen molar-refractivity contribution < 1.29 is 18.0 Å². The maximum Gasteiger partial charge on any atom is 0.416 e. The van der Waals surface area contributed by atoms with Gasteiger partial charge in [-0.15, -0.1) is 0 Å². The summed E-state index contributed by atoms with van der Waals surface area (Å²) in [5.74, 6) is -0.145. The van der Waals surface area contributed by atoms with Gasteiger partial charge in [-0.1, -0.05) is 12.1 Å². The number of thioether (sulfide) groups is 1.